The third kappa shape index (κ3) is 3.91. The lowest BCUT2D eigenvalue weighted by Gasteiger charge is -2.29. The van der Waals surface area contributed by atoms with Crippen molar-refractivity contribution in [1.29, 1.82) is 0 Å². The highest BCUT2D eigenvalue weighted by Gasteiger charge is 2.44. The SMILES string of the molecule is CC(NC(=O)C1(C(N)=S)CCCC1)C(=O)NC(C)(C)C. The zero-order chi connectivity index (χ0) is 15.6. The smallest absolute Gasteiger partial charge is 0.242 e. The Hall–Kier alpha value is -1.17. The number of hydrogen-bond donors (Lipinski definition) is 3. The first-order chi connectivity index (χ1) is 9.08. The van der Waals surface area contributed by atoms with Crippen LogP contribution in [0.2, 0.25) is 0 Å². The molecule has 1 saturated carbocycles. The predicted molar refractivity (Wildman–Crippen MR) is 83.2 cm³/mol. The molecule has 0 bridgehead atoms. The van der Waals surface area contributed by atoms with E-state index < -0.39 is 11.5 Å². The van der Waals surface area contributed by atoms with Crippen LogP contribution in [0, 0.1) is 5.41 Å². The fourth-order valence-corrected chi connectivity index (χ4v) is 2.74. The van der Waals surface area contributed by atoms with Gasteiger partial charge in [0.15, 0.2) is 0 Å². The standard InChI is InChI=1S/C14H25N3O2S/c1-9(10(18)17-13(2,3)4)16-12(19)14(11(15)20)7-5-6-8-14/h9H,5-8H2,1-4H3,(H2,15,20)(H,16,19)(H,17,18). The molecule has 1 fully saturated rings. The Morgan fingerprint density at radius 2 is 1.75 bits per heavy atom. The average Bonchev–Trinajstić information content (AvgIpc) is 2.76. The summed E-state index contributed by atoms with van der Waals surface area (Å²) in [7, 11) is 0. The summed E-state index contributed by atoms with van der Waals surface area (Å²) in [6.07, 6.45) is 3.21. The van der Waals surface area contributed by atoms with E-state index in [1.165, 1.54) is 0 Å². The topological polar surface area (TPSA) is 84.2 Å². The van der Waals surface area contributed by atoms with Gasteiger partial charge >= 0.3 is 0 Å². The van der Waals surface area contributed by atoms with Crippen molar-refractivity contribution in [2.75, 3.05) is 0 Å². The number of hydrogen-bond acceptors (Lipinski definition) is 3. The molecule has 1 unspecified atom stereocenters. The average molecular weight is 299 g/mol. The molecule has 20 heavy (non-hydrogen) atoms. The molecule has 1 aliphatic rings. The van der Waals surface area contributed by atoms with E-state index in [2.05, 4.69) is 10.6 Å². The van der Waals surface area contributed by atoms with Crippen molar-refractivity contribution in [1.82, 2.24) is 10.6 Å². The van der Waals surface area contributed by atoms with Gasteiger partial charge in [0, 0.05) is 5.54 Å². The minimum atomic E-state index is -0.772. The minimum Gasteiger partial charge on any atom is -0.392 e. The van der Waals surface area contributed by atoms with E-state index in [4.69, 9.17) is 18.0 Å². The van der Waals surface area contributed by atoms with E-state index in [0.717, 1.165) is 12.8 Å². The van der Waals surface area contributed by atoms with Gasteiger partial charge in [-0.05, 0) is 40.5 Å². The van der Waals surface area contributed by atoms with Crippen LogP contribution in [-0.2, 0) is 9.59 Å². The van der Waals surface area contributed by atoms with E-state index in [0.29, 0.717) is 12.8 Å². The number of carbonyl (C=O) groups excluding carboxylic acids is 2. The number of nitrogens with two attached hydrogens (primary N) is 1. The molecule has 1 aliphatic carbocycles. The van der Waals surface area contributed by atoms with E-state index in [-0.39, 0.29) is 22.3 Å². The second-order valence-electron chi connectivity index (χ2n) is 6.59. The van der Waals surface area contributed by atoms with Crippen molar-refractivity contribution in [3.8, 4) is 0 Å². The summed E-state index contributed by atoms with van der Waals surface area (Å²) < 4.78 is 0. The Morgan fingerprint density at radius 3 is 2.15 bits per heavy atom. The highest BCUT2D eigenvalue weighted by Crippen LogP contribution is 2.38. The highest BCUT2D eigenvalue weighted by atomic mass is 32.1. The van der Waals surface area contributed by atoms with Gasteiger partial charge in [0.25, 0.3) is 0 Å². The highest BCUT2D eigenvalue weighted by molar-refractivity contribution is 7.80. The Bertz CT molecular complexity index is 409. The first-order valence-electron chi connectivity index (χ1n) is 7.01. The Kier molecular flexibility index (Phi) is 5.13. The molecule has 0 aromatic carbocycles. The first-order valence-corrected chi connectivity index (χ1v) is 7.42. The van der Waals surface area contributed by atoms with Gasteiger partial charge in [-0.15, -0.1) is 0 Å². The summed E-state index contributed by atoms with van der Waals surface area (Å²) in [6.45, 7) is 7.36. The zero-order valence-corrected chi connectivity index (χ0v) is 13.5. The summed E-state index contributed by atoms with van der Waals surface area (Å²) >= 11 is 5.07. The zero-order valence-electron chi connectivity index (χ0n) is 12.7. The fraction of sp³-hybridized carbons (Fsp3) is 0.786. The van der Waals surface area contributed by atoms with Crippen LogP contribution in [0.5, 0.6) is 0 Å². The maximum Gasteiger partial charge on any atom is 0.242 e. The molecule has 0 radical (unpaired) electrons. The van der Waals surface area contributed by atoms with Gasteiger partial charge in [0.05, 0.1) is 10.4 Å². The monoisotopic (exact) mass is 299 g/mol. The predicted octanol–water partition coefficient (Wildman–Crippen LogP) is 1.25. The minimum absolute atomic E-state index is 0.207. The van der Waals surface area contributed by atoms with Gasteiger partial charge in [-0.25, -0.2) is 0 Å². The Morgan fingerprint density at radius 1 is 1.25 bits per heavy atom. The van der Waals surface area contributed by atoms with Crippen LogP contribution < -0.4 is 16.4 Å². The van der Waals surface area contributed by atoms with Crippen LogP contribution in [0.15, 0.2) is 0 Å². The third-order valence-electron chi connectivity index (χ3n) is 3.60. The lowest BCUT2D eigenvalue weighted by molar-refractivity contribution is -0.132. The number of thiocarbonyl (C=S) groups is 1. The lowest BCUT2D eigenvalue weighted by atomic mass is 9.85. The maximum absolute atomic E-state index is 12.4. The maximum atomic E-state index is 12.4. The van der Waals surface area contributed by atoms with Gasteiger partial charge in [0.1, 0.15) is 6.04 Å². The van der Waals surface area contributed by atoms with Crippen LogP contribution >= 0.6 is 12.2 Å². The van der Waals surface area contributed by atoms with Gasteiger partial charge in [-0.1, -0.05) is 25.1 Å². The molecule has 0 aromatic rings. The van der Waals surface area contributed by atoms with E-state index in [1.807, 2.05) is 20.8 Å². The number of rotatable bonds is 4. The molecule has 0 aliphatic heterocycles. The van der Waals surface area contributed by atoms with Crippen LogP contribution in [-0.4, -0.2) is 28.4 Å². The van der Waals surface area contributed by atoms with Crippen LogP contribution in [0.1, 0.15) is 53.4 Å². The molecular formula is C14H25N3O2S. The molecule has 0 saturated heterocycles. The molecule has 1 rings (SSSR count). The van der Waals surface area contributed by atoms with E-state index in [1.54, 1.807) is 6.92 Å². The van der Waals surface area contributed by atoms with Crippen molar-refractivity contribution in [2.45, 2.75) is 65.0 Å². The van der Waals surface area contributed by atoms with Crippen molar-refractivity contribution in [2.24, 2.45) is 11.1 Å². The van der Waals surface area contributed by atoms with Gasteiger partial charge in [0.2, 0.25) is 11.8 Å². The fourth-order valence-electron chi connectivity index (χ4n) is 2.44. The van der Waals surface area contributed by atoms with Crippen LogP contribution in [0.3, 0.4) is 0 Å². The van der Waals surface area contributed by atoms with Crippen molar-refractivity contribution < 1.29 is 9.59 Å². The van der Waals surface area contributed by atoms with Crippen LogP contribution in [0.4, 0.5) is 0 Å². The van der Waals surface area contributed by atoms with Gasteiger partial charge in [-0.2, -0.15) is 0 Å². The summed E-state index contributed by atoms with van der Waals surface area (Å²) in [4.78, 5) is 24.7. The van der Waals surface area contributed by atoms with Crippen molar-refractivity contribution in [3.05, 3.63) is 0 Å². The van der Waals surface area contributed by atoms with Gasteiger partial charge in [-0.3, -0.25) is 9.59 Å². The number of amides is 2. The third-order valence-corrected chi connectivity index (χ3v) is 3.99. The number of carbonyl (C=O) groups is 2. The number of nitrogens with one attached hydrogen (secondary N) is 2. The lowest BCUT2D eigenvalue weighted by Crippen LogP contribution is -2.55. The van der Waals surface area contributed by atoms with Crippen molar-refractivity contribution >= 4 is 29.0 Å². The molecule has 0 heterocycles. The molecule has 4 N–H and O–H groups in total. The normalized spacial score (nSPS) is 19.2. The molecule has 1 atom stereocenters. The molecular weight excluding hydrogens is 274 g/mol. The van der Waals surface area contributed by atoms with E-state index >= 15 is 0 Å². The summed E-state index contributed by atoms with van der Waals surface area (Å²) in [6, 6.07) is -0.603. The van der Waals surface area contributed by atoms with E-state index in [9.17, 15) is 9.59 Å². The summed E-state index contributed by atoms with van der Waals surface area (Å²) in [5, 5.41) is 5.59. The molecule has 0 aromatic heterocycles. The van der Waals surface area contributed by atoms with Crippen LogP contribution in [0.25, 0.3) is 0 Å². The van der Waals surface area contributed by atoms with Gasteiger partial charge < -0.3 is 16.4 Å². The molecule has 0 spiro atoms. The molecule has 6 heteroatoms. The molecule has 114 valence electrons. The molecule has 5 nitrogen and oxygen atoms in total. The second-order valence-corrected chi connectivity index (χ2v) is 7.03. The first kappa shape index (κ1) is 16.9. The quantitative estimate of drug-likeness (QED) is 0.682. The van der Waals surface area contributed by atoms with Crippen molar-refractivity contribution in [3.63, 3.8) is 0 Å². The summed E-state index contributed by atoms with van der Waals surface area (Å²) in [5.41, 5.74) is 4.66. The Balaban J connectivity index is 2.70. The Labute approximate surface area is 126 Å². The largest absolute Gasteiger partial charge is 0.392 e. The molecule has 2 amide bonds. The summed E-state index contributed by atoms with van der Waals surface area (Å²) in [5.74, 6) is -0.430. The second kappa shape index (κ2) is 6.08.